The van der Waals surface area contributed by atoms with Crippen LogP contribution in [-0.4, -0.2) is 27.3 Å². The number of aliphatic imine (C=N–C) groups is 1. The SMILES string of the molecule is Cc1cccc(CN2C(=O)C(O)(C3SC(N)=NC3=O)c3cc(Br)ccc32)c1. The molecule has 2 atom stereocenters. The summed E-state index contributed by atoms with van der Waals surface area (Å²) in [6.45, 7) is 2.27. The molecule has 0 saturated carbocycles. The molecule has 2 aromatic rings. The first kappa shape index (κ1) is 18.2. The zero-order valence-corrected chi connectivity index (χ0v) is 16.8. The van der Waals surface area contributed by atoms with Crippen LogP contribution in [0.25, 0.3) is 0 Å². The summed E-state index contributed by atoms with van der Waals surface area (Å²) in [6.07, 6.45) is 0. The van der Waals surface area contributed by atoms with Gasteiger partial charge in [-0.25, -0.2) is 0 Å². The Kier molecular flexibility index (Phi) is 4.37. The Bertz CT molecular complexity index is 1010. The van der Waals surface area contributed by atoms with Crippen LogP contribution in [-0.2, 0) is 21.7 Å². The van der Waals surface area contributed by atoms with Gasteiger partial charge in [0.15, 0.2) is 10.8 Å². The van der Waals surface area contributed by atoms with Crippen molar-refractivity contribution in [3.63, 3.8) is 0 Å². The molecule has 6 nitrogen and oxygen atoms in total. The van der Waals surface area contributed by atoms with E-state index in [2.05, 4.69) is 20.9 Å². The maximum absolute atomic E-state index is 13.3. The fourth-order valence-corrected chi connectivity index (χ4v) is 4.81. The number of hydrogen-bond acceptors (Lipinski definition) is 5. The number of hydrogen-bond donors (Lipinski definition) is 2. The molecule has 3 N–H and O–H groups in total. The number of halogens is 1. The standard InChI is InChI=1S/C19H16BrN3O3S/c1-10-3-2-4-11(7-10)9-23-14-6-5-12(20)8-13(14)19(26,17(23)25)15-16(24)22-18(21)27-15/h2-8,15,26H,9H2,1H3,(H2,21,22,24). The molecule has 138 valence electrons. The molecule has 27 heavy (non-hydrogen) atoms. The van der Waals surface area contributed by atoms with Crippen molar-refractivity contribution >= 4 is 50.4 Å². The normalized spacial score (nSPS) is 24.3. The van der Waals surface area contributed by atoms with Gasteiger partial charge in [0.25, 0.3) is 11.8 Å². The number of benzene rings is 2. The van der Waals surface area contributed by atoms with Crippen LogP contribution in [0.5, 0.6) is 0 Å². The maximum atomic E-state index is 13.3. The lowest BCUT2D eigenvalue weighted by atomic mass is 9.91. The average molecular weight is 446 g/mol. The van der Waals surface area contributed by atoms with E-state index in [9.17, 15) is 14.7 Å². The lowest BCUT2D eigenvalue weighted by Gasteiger charge is -2.26. The maximum Gasteiger partial charge on any atom is 0.265 e. The van der Waals surface area contributed by atoms with Crippen molar-refractivity contribution in [1.29, 1.82) is 0 Å². The van der Waals surface area contributed by atoms with E-state index in [1.54, 1.807) is 18.2 Å². The third-order valence-corrected chi connectivity index (χ3v) is 6.32. The highest BCUT2D eigenvalue weighted by Crippen LogP contribution is 2.48. The number of amides is 2. The van der Waals surface area contributed by atoms with Gasteiger partial charge in [-0.3, -0.25) is 9.59 Å². The topological polar surface area (TPSA) is 96.0 Å². The molecule has 4 rings (SSSR count). The highest BCUT2D eigenvalue weighted by Gasteiger charge is 2.59. The fraction of sp³-hybridized carbons (Fsp3) is 0.211. The summed E-state index contributed by atoms with van der Waals surface area (Å²) in [5.74, 6) is -1.15. The quantitative estimate of drug-likeness (QED) is 0.755. The number of anilines is 1. The first-order chi connectivity index (χ1) is 12.8. The minimum Gasteiger partial charge on any atom is -0.378 e. The Balaban J connectivity index is 1.80. The second-order valence-corrected chi connectivity index (χ2v) is 8.64. The summed E-state index contributed by atoms with van der Waals surface area (Å²) < 4.78 is 0.703. The van der Waals surface area contributed by atoms with Gasteiger partial charge in [-0.15, -0.1) is 0 Å². The zero-order valence-electron chi connectivity index (χ0n) is 14.3. The first-order valence-corrected chi connectivity index (χ1v) is 9.92. The molecule has 8 heteroatoms. The number of rotatable bonds is 3. The van der Waals surface area contributed by atoms with Crippen molar-refractivity contribution in [2.75, 3.05) is 4.90 Å². The van der Waals surface area contributed by atoms with Gasteiger partial charge < -0.3 is 15.7 Å². The Labute approximate surface area is 168 Å². The molecule has 2 aliphatic heterocycles. The van der Waals surface area contributed by atoms with Gasteiger partial charge in [0, 0.05) is 10.0 Å². The molecule has 2 aromatic carbocycles. The van der Waals surface area contributed by atoms with E-state index < -0.39 is 22.7 Å². The predicted molar refractivity (Wildman–Crippen MR) is 108 cm³/mol. The molecular formula is C19H16BrN3O3S. The van der Waals surface area contributed by atoms with E-state index in [1.807, 2.05) is 31.2 Å². The molecular weight excluding hydrogens is 430 g/mol. The van der Waals surface area contributed by atoms with Gasteiger partial charge in [-0.2, -0.15) is 4.99 Å². The van der Waals surface area contributed by atoms with Crippen LogP contribution in [0.3, 0.4) is 0 Å². The first-order valence-electron chi connectivity index (χ1n) is 8.25. The van der Waals surface area contributed by atoms with Gasteiger partial charge >= 0.3 is 0 Å². The van der Waals surface area contributed by atoms with E-state index in [-0.39, 0.29) is 5.17 Å². The van der Waals surface area contributed by atoms with Crippen LogP contribution in [0.15, 0.2) is 51.9 Å². The number of nitrogens with zero attached hydrogens (tertiary/aromatic N) is 2. The third kappa shape index (κ3) is 2.88. The minimum absolute atomic E-state index is 0.0555. The van der Waals surface area contributed by atoms with Crippen LogP contribution in [0, 0.1) is 6.92 Å². The van der Waals surface area contributed by atoms with Crippen LogP contribution in [0.2, 0.25) is 0 Å². The molecule has 0 bridgehead atoms. The van der Waals surface area contributed by atoms with E-state index in [0.717, 1.165) is 22.9 Å². The van der Waals surface area contributed by atoms with Gasteiger partial charge in [0.1, 0.15) is 5.25 Å². The summed E-state index contributed by atoms with van der Waals surface area (Å²) in [4.78, 5) is 30.8. The number of aryl methyl sites for hydroxylation is 1. The predicted octanol–water partition coefficient (Wildman–Crippen LogP) is 2.45. The number of nitrogens with two attached hydrogens (primary N) is 1. The molecule has 2 amide bonds. The molecule has 2 unspecified atom stereocenters. The number of carbonyl (C=O) groups is 2. The van der Waals surface area contributed by atoms with Gasteiger partial charge in [-0.1, -0.05) is 57.5 Å². The Morgan fingerprint density at radius 1 is 1.30 bits per heavy atom. The summed E-state index contributed by atoms with van der Waals surface area (Å²) >= 11 is 4.30. The number of thioether (sulfide) groups is 1. The number of aliphatic hydroxyl groups is 1. The van der Waals surface area contributed by atoms with Crippen molar-refractivity contribution in [2.24, 2.45) is 10.7 Å². The smallest absolute Gasteiger partial charge is 0.265 e. The molecule has 0 spiro atoms. The van der Waals surface area contributed by atoms with E-state index in [1.165, 1.54) is 4.90 Å². The van der Waals surface area contributed by atoms with E-state index >= 15 is 0 Å². The largest absolute Gasteiger partial charge is 0.378 e. The number of amidine groups is 1. The summed E-state index contributed by atoms with van der Waals surface area (Å²) in [6, 6.07) is 13.0. The van der Waals surface area contributed by atoms with Crippen molar-refractivity contribution < 1.29 is 14.7 Å². The van der Waals surface area contributed by atoms with Crippen LogP contribution >= 0.6 is 27.7 Å². The molecule has 2 heterocycles. The molecule has 0 aromatic heterocycles. The van der Waals surface area contributed by atoms with Gasteiger partial charge in [0.2, 0.25) is 0 Å². The molecule has 0 fully saturated rings. The molecule has 2 aliphatic rings. The third-order valence-electron chi connectivity index (χ3n) is 4.72. The Morgan fingerprint density at radius 3 is 2.74 bits per heavy atom. The molecule has 0 saturated heterocycles. The van der Waals surface area contributed by atoms with E-state index in [0.29, 0.717) is 22.3 Å². The highest BCUT2D eigenvalue weighted by atomic mass is 79.9. The monoisotopic (exact) mass is 445 g/mol. The van der Waals surface area contributed by atoms with Crippen molar-refractivity contribution in [3.8, 4) is 0 Å². The lowest BCUT2D eigenvalue weighted by molar-refractivity contribution is -0.140. The fourth-order valence-electron chi connectivity index (χ4n) is 3.51. The lowest BCUT2D eigenvalue weighted by Crippen LogP contribution is -2.49. The zero-order chi connectivity index (χ0) is 19.3. The number of fused-ring (bicyclic) bond motifs is 1. The van der Waals surface area contributed by atoms with E-state index in [4.69, 9.17) is 5.73 Å². The second kappa shape index (κ2) is 6.47. The minimum atomic E-state index is -2.02. The van der Waals surface area contributed by atoms with Crippen molar-refractivity contribution in [1.82, 2.24) is 0 Å². The van der Waals surface area contributed by atoms with Gasteiger partial charge in [0.05, 0.1) is 12.2 Å². The van der Waals surface area contributed by atoms with Crippen LogP contribution in [0.4, 0.5) is 5.69 Å². The highest BCUT2D eigenvalue weighted by molar-refractivity contribution is 9.10. The molecule has 0 aliphatic carbocycles. The number of carbonyl (C=O) groups excluding carboxylic acids is 2. The second-order valence-electron chi connectivity index (χ2n) is 6.59. The van der Waals surface area contributed by atoms with Crippen LogP contribution in [0.1, 0.15) is 16.7 Å². The van der Waals surface area contributed by atoms with Gasteiger partial charge in [-0.05, 0) is 30.7 Å². The summed E-state index contributed by atoms with van der Waals surface area (Å²) in [5, 5.41) is 10.4. The summed E-state index contributed by atoms with van der Waals surface area (Å²) in [7, 11) is 0. The summed E-state index contributed by atoms with van der Waals surface area (Å²) in [5.41, 5.74) is 6.61. The molecule has 0 radical (unpaired) electrons. The van der Waals surface area contributed by atoms with Crippen molar-refractivity contribution in [2.45, 2.75) is 24.3 Å². The average Bonchev–Trinajstić information content (AvgIpc) is 3.06. The van der Waals surface area contributed by atoms with Crippen molar-refractivity contribution in [3.05, 3.63) is 63.6 Å². The Morgan fingerprint density at radius 2 is 2.07 bits per heavy atom. The van der Waals surface area contributed by atoms with Crippen LogP contribution < -0.4 is 10.6 Å². The Hall–Kier alpha value is -2.16.